The van der Waals surface area contributed by atoms with Gasteiger partial charge in [-0.15, -0.1) is 0 Å². The lowest BCUT2D eigenvalue weighted by Gasteiger charge is -2.23. The van der Waals surface area contributed by atoms with Crippen molar-refractivity contribution in [3.05, 3.63) is 11.9 Å². The van der Waals surface area contributed by atoms with Gasteiger partial charge in [-0.3, -0.25) is 14.9 Å². The molecule has 0 aromatic heterocycles. The number of hydrogen-bond acceptors (Lipinski definition) is 3. The van der Waals surface area contributed by atoms with Crippen LogP contribution in [-0.4, -0.2) is 29.8 Å². The van der Waals surface area contributed by atoms with Gasteiger partial charge in [0, 0.05) is 12.1 Å². The van der Waals surface area contributed by atoms with Crippen LogP contribution in [0.2, 0.25) is 0 Å². The SMILES string of the molecule is CC1C=NC=C2C1=NCN2C(F)(F)F. The van der Waals surface area contributed by atoms with E-state index in [1.807, 2.05) is 0 Å². The maximum absolute atomic E-state index is 12.4. The molecule has 0 spiro atoms. The summed E-state index contributed by atoms with van der Waals surface area (Å²) < 4.78 is 37.3. The number of halogens is 3. The molecule has 2 heterocycles. The molecule has 0 radical (unpaired) electrons. The predicted octanol–water partition coefficient (Wildman–Crippen LogP) is 1.78. The molecule has 2 rings (SSSR count). The number of rotatable bonds is 0. The fraction of sp³-hybridized carbons (Fsp3) is 0.500. The third-order valence-corrected chi connectivity index (χ3v) is 2.18. The van der Waals surface area contributed by atoms with Crippen molar-refractivity contribution in [1.29, 1.82) is 0 Å². The molecular formula is C8H8F3N3. The Morgan fingerprint density at radius 3 is 2.86 bits per heavy atom. The Bertz CT molecular complexity index is 340. The molecule has 3 nitrogen and oxygen atoms in total. The molecule has 2 aliphatic rings. The van der Waals surface area contributed by atoms with E-state index in [2.05, 4.69) is 9.98 Å². The largest absolute Gasteiger partial charge is 0.486 e. The molecule has 1 unspecified atom stereocenters. The van der Waals surface area contributed by atoms with E-state index in [0.717, 1.165) is 0 Å². The molecule has 14 heavy (non-hydrogen) atoms. The molecule has 0 amide bonds. The van der Waals surface area contributed by atoms with E-state index in [4.69, 9.17) is 0 Å². The predicted molar refractivity (Wildman–Crippen MR) is 45.9 cm³/mol. The first-order chi connectivity index (χ1) is 6.50. The van der Waals surface area contributed by atoms with Crippen molar-refractivity contribution >= 4 is 11.9 Å². The molecule has 6 heteroatoms. The van der Waals surface area contributed by atoms with Crippen molar-refractivity contribution in [1.82, 2.24) is 4.90 Å². The van der Waals surface area contributed by atoms with Crippen molar-refractivity contribution in [3.63, 3.8) is 0 Å². The second-order valence-electron chi connectivity index (χ2n) is 3.18. The summed E-state index contributed by atoms with van der Waals surface area (Å²) in [5.74, 6) is -0.137. The zero-order valence-corrected chi connectivity index (χ0v) is 7.41. The van der Waals surface area contributed by atoms with E-state index in [9.17, 15) is 13.2 Å². The second kappa shape index (κ2) is 2.83. The summed E-state index contributed by atoms with van der Waals surface area (Å²) in [7, 11) is 0. The Hall–Kier alpha value is -1.33. The molecule has 0 aromatic carbocycles. The monoisotopic (exact) mass is 203 g/mol. The van der Waals surface area contributed by atoms with Gasteiger partial charge >= 0.3 is 6.30 Å². The first-order valence-electron chi connectivity index (χ1n) is 4.12. The van der Waals surface area contributed by atoms with Gasteiger partial charge in [-0.05, 0) is 0 Å². The Balaban J connectivity index is 2.32. The van der Waals surface area contributed by atoms with Gasteiger partial charge in [-0.25, -0.2) is 0 Å². The molecule has 0 fully saturated rings. The van der Waals surface area contributed by atoms with Gasteiger partial charge in [0.25, 0.3) is 0 Å². The van der Waals surface area contributed by atoms with E-state index in [-0.39, 0.29) is 18.3 Å². The molecule has 0 saturated carbocycles. The molecule has 0 N–H and O–H groups in total. The fourth-order valence-electron chi connectivity index (χ4n) is 1.49. The van der Waals surface area contributed by atoms with Gasteiger partial charge in [0.1, 0.15) is 6.67 Å². The lowest BCUT2D eigenvalue weighted by Crippen LogP contribution is -2.37. The maximum Gasteiger partial charge on any atom is 0.486 e. The Labute approximate surface area is 78.6 Å². The van der Waals surface area contributed by atoms with Crippen molar-refractivity contribution in [2.75, 3.05) is 6.67 Å². The normalized spacial score (nSPS) is 26.0. The molecule has 1 atom stereocenters. The standard InChI is InChI=1S/C8H8F3N3/c1-5-2-12-3-6-7(5)13-4-14(6)8(9,10)11/h2-3,5H,4H2,1H3. The van der Waals surface area contributed by atoms with Gasteiger partial charge in [0.15, 0.2) is 0 Å². The zero-order valence-electron chi connectivity index (χ0n) is 7.41. The summed E-state index contributed by atoms with van der Waals surface area (Å²) >= 11 is 0. The van der Waals surface area contributed by atoms with E-state index >= 15 is 0 Å². The lowest BCUT2D eigenvalue weighted by molar-refractivity contribution is -0.227. The van der Waals surface area contributed by atoms with Crippen LogP contribution in [0, 0.1) is 5.92 Å². The number of nitrogens with zero attached hydrogens (tertiary/aromatic N) is 3. The van der Waals surface area contributed by atoms with E-state index in [1.54, 1.807) is 13.1 Å². The molecule has 0 saturated heterocycles. The van der Waals surface area contributed by atoms with Crippen LogP contribution < -0.4 is 0 Å². The summed E-state index contributed by atoms with van der Waals surface area (Å²) in [6.07, 6.45) is -1.58. The van der Waals surface area contributed by atoms with Crippen LogP contribution in [-0.2, 0) is 0 Å². The molecular weight excluding hydrogens is 195 g/mol. The number of alkyl halides is 3. The molecule has 76 valence electrons. The van der Waals surface area contributed by atoms with Gasteiger partial charge < -0.3 is 0 Å². The first-order valence-corrected chi connectivity index (χ1v) is 4.12. The third-order valence-electron chi connectivity index (χ3n) is 2.18. The van der Waals surface area contributed by atoms with Crippen LogP contribution in [0.4, 0.5) is 13.2 Å². The average molecular weight is 203 g/mol. The lowest BCUT2D eigenvalue weighted by atomic mass is 10.0. The van der Waals surface area contributed by atoms with Gasteiger partial charge in [-0.2, -0.15) is 13.2 Å². The minimum atomic E-state index is -4.37. The summed E-state index contributed by atoms with van der Waals surface area (Å²) in [4.78, 5) is 7.91. The highest BCUT2D eigenvalue weighted by Crippen LogP contribution is 2.32. The fourth-order valence-corrected chi connectivity index (χ4v) is 1.49. The van der Waals surface area contributed by atoms with E-state index < -0.39 is 6.30 Å². The van der Waals surface area contributed by atoms with Crippen molar-refractivity contribution in [3.8, 4) is 0 Å². The molecule has 0 bridgehead atoms. The summed E-state index contributed by atoms with van der Waals surface area (Å²) in [5.41, 5.74) is 0.546. The maximum atomic E-state index is 12.4. The van der Waals surface area contributed by atoms with Crippen LogP contribution in [0.5, 0.6) is 0 Å². The van der Waals surface area contributed by atoms with Crippen molar-refractivity contribution in [2.24, 2.45) is 15.9 Å². The van der Waals surface area contributed by atoms with Gasteiger partial charge in [0.05, 0.1) is 17.6 Å². The average Bonchev–Trinajstić information content (AvgIpc) is 2.47. The van der Waals surface area contributed by atoms with Gasteiger partial charge in [-0.1, -0.05) is 6.92 Å². The molecule has 0 aliphatic carbocycles. The smallest absolute Gasteiger partial charge is 0.266 e. The van der Waals surface area contributed by atoms with Crippen LogP contribution in [0.1, 0.15) is 6.92 Å². The van der Waals surface area contributed by atoms with Crippen LogP contribution in [0.3, 0.4) is 0 Å². The van der Waals surface area contributed by atoms with Gasteiger partial charge in [0.2, 0.25) is 0 Å². The summed E-state index contributed by atoms with van der Waals surface area (Å²) in [5, 5.41) is 0. The highest BCUT2D eigenvalue weighted by molar-refractivity contribution is 6.11. The van der Waals surface area contributed by atoms with E-state index in [1.165, 1.54) is 6.20 Å². The number of aliphatic imine (C=N–C) groups is 2. The Morgan fingerprint density at radius 1 is 1.50 bits per heavy atom. The van der Waals surface area contributed by atoms with Crippen LogP contribution >= 0.6 is 0 Å². The number of allylic oxidation sites excluding steroid dienone is 1. The van der Waals surface area contributed by atoms with E-state index in [0.29, 0.717) is 10.6 Å². The topological polar surface area (TPSA) is 28.0 Å². The zero-order chi connectivity index (χ0) is 10.3. The van der Waals surface area contributed by atoms with Crippen LogP contribution in [0.15, 0.2) is 21.9 Å². The Morgan fingerprint density at radius 2 is 2.21 bits per heavy atom. The minimum absolute atomic E-state index is 0.0764. The third kappa shape index (κ3) is 1.30. The van der Waals surface area contributed by atoms with Crippen molar-refractivity contribution in [2.45, 2.75) is 13.2 Å². The summed E-state index contributed by atoms with van der Waals surface area (Å²) in [6, 6.07) is 0. The van der Waals surface area contributed by atoms with Crippen LogP contribution in [0.25, 0.3) is 0 Å². The number of fused-ring (bicyclic) bond motifs is 1. The highest BCUT2D eigenvalue weighted by Gasteiger charge is 2.43. The summed E-state index contributed by atoms with van der Waals surface area (Å²) in [6.45, 7) is 1.42. The Kier molecular flexibility index (Phi) is 1.87. The van der Waals surface area contributed by atoms with Crippen molar-refractivity contribution < 1.29 is 13.2 Å². The highest BCUT2D eigenvalue weighted by atomic mass is 19.4. The molecule has 0 aromatic rings. The quantitative estimate of drug-likeness (QED) is 0.551. The first kappa shape index (κ1) is 9.23. The number of hydrogen-bond donors (Lipinski definition) is 0. The molecule has 2 aliphatic heterocycles. The minimum Gasteiger partial charge on any atom is -0.266 e. The second-order valence-corrected chi connectivity index (χ2v) is 3.18.